The summed E-state index contributed by atoms with van der Waals surface area (Å²) in [4.78, 5) is 33.7. The highest BCUT2D eigenvalue weighted by Gasteiger charge is 2.28. The van der Waals surface area contributed by atoms with Gasteiger partial charge in [0.05, 0.1) is 7.11 Å². The number of methoxy groups -OCH3 is 1. The predicted octanol–water partition coefficient (Wildman–Crippen LogP) is 0.307. The maximum Gasteiger partial charge on any atom is 0.413 e. The highest BCUT2D eigenvalue weighted by Crippen LogP contribution is 2.14. The topological polar surface area (TPSA) is 128 Å². The molecule has 1 rings (SSSR count). The third-order valence-electron chi connectivity index (χ3n) is 2.88. The largest absolute Gasteiger partial charge is 0.453 e. The number of alkyl carbamates (subject to hydrolysis) is 1. The molecular weight excluding hydrogens is 359 g/mol. The number of hydrogen-bond donors (Lipinski definition) is 2. The smallest absolute Gasteiger partial charge is 0.413 e. The molecule has 0 radical (unpaired) electrons. The summed E-state index contributed by atoms with van der Waals surface area (Å²) in [6.45, 7) is 2.33. The molecule has 11 heteroatoms. The molecule has 0 saturated heterocycles. The summed E-state index contributed by atoms with van der Waals surface area (Å²) in [6.07, 6.45) is -2.42. The predicted molar refractivity (Wildman–Crippen MR) is 82.3 cm³/mol. The van der Waals surface area contributed by atoms with E-state index in [0.717, 1.165) is 26.2 Å². The van der Waals surface area contributed by atoms with E-state index >= 15 is 0 Å². The minimum Gasteiger partial charge on any atom is -0.453 e. The fraction of sp³-hybridized carbons (Fsp3) is 0.357. The summed E-state index contributed by atoms with van der Waals surface area (Å²) in [5, 5.41) is 1.79. The van der Waals surface area contributed by atoms with Crippen molar-refractivity contribution in [2.45, 2.75) is 30.9 Å². The SMILES string of the molecule is COC(=O)NC(=O)[C@@H](C)OC(=O)[C@H](C)NS(=O)(=O)c1ccccc1F. The van der Waals surface area contributed by atoms with Gasteiger partial charge in [-0.05, 0) is 26.0 Å². The second kappa shape index (κ2) is 8.53. The van der Waals surface area contributed by atoms with Gasteiger partial charge < -0.3 is 9.47 Å². The van der Waals surface area contributed by atoms with Crippen LogP contribution < -0.4 is 10.0 Å². The van der Waals surface area contributed by atoms with Crippen molar-refractivity contribution in [2.24, 2.45) is 0 Å². The number of benzene rings is 1. The van der Waals surface area contributed by atoms with E-state index in [-0.39, 0.29) is 0 Å². The molecule has 2 amide bonds. The van der Waals surface area contributed by atoms with Crippen LogP contribution in [-0.2, 0) is 29.1 Å². The maximum atomic E-state index is 13.6. The fourth-order valence-electron chi connectivity index (χ4n) is 1.59. The Labute approximate surface area is 143 Å². The number of halogens is 1. The molecule has 0 aliphatic heterocycles. The summed E-state index contributed by atoms with van der Waals surface area (Å²) >= 11 is 0. The molecule has 138 valence electrons. The normalized spacial score (nSPS) is 13.4. The van der Waals surface area contributed by atoms with Crippen LogP contribution in [0.1, 0.15) is 13.8 Å². The van der Waals surface area contributed by atoms with Gasteiger partial charge in [0.1, 0.15) is 16.8 Å². The summed E-state index contributed by atoms with van der Waals surface area (Å²) < 4.78 is 48.6. The Morgan fingerprint density at radius 1 is 1.16 bits per heavy atom. The third-order valence-corrected chi connectivity index (χ3v) is 4.46. The summed E-state index contributed by atoms with van der Waals surface area (Å²) in [5.41, 5.74) is 0. The van der Waals surface area contributed by atoms with Crippen LogP contribution >= 0.6 is 0 Å². The van der Waals surface area contributed by atoms with E-state index in [4.69, 9.17) is 4.74 Å². The zero-order valence-corrected chi connectivity index (χ0v) is 14.4. The molecule has 0 fully saturated rings. The van der Waals surface area contributed by atoms with E-state index in [9.17, 15) is 27.2 Å². The van der Waals surface area contributed by atoms with E-state index in [1.165, 1.54) is 19.1 Å². The molecule has 0 spiro atoms. The van der Waals surface area contributed by atoms with E-state index in [2.05, 4.69) is 4.74 Å². The van der Waals surface area contributed by atoms with Crippen LogP contribution in [0.3, 0.4) is 0 Å². The van der Waals surface area contributed by atoms with Crippen molar-refractivity contribution < 1.29 is 36.7 Å². The van der Waals surface area contributed by atoms with Crippen molar-refractivity contribution in [3.63, 3.8) is 0 Å². The van der Waals surface area contributed by atoms with E-state index in [1.54, 1.807) is 5.32 Å². The number of imide groups is 1. The molecule has 2 N–H and O–H groups in total. The quantitative estimate of drug-likeness (QED) is 0.684. The van der Waals surface area contributed by atoms with Gasteiger partial charge in [-0.25, -0.2) is 17.6 Å². The number of esters is 1. The number of amides is 2. The molecule has 1 aromatic carbocycles. The van der Waals surface area contributed by atoms with Gasteiger partial charge in [0.2, 0.25) is 10.0 Å². The Morgan fingerprint density at radius 2 is 1.76 bits per heavy atom. The fourth-order valence-corrected chi connectivity index (χ4v) is 2.86. The van der Waals surface area contributed by atoms with Gasteiger partial charge in [-0.3, -0.25) is 14.9 Å². The number of sulfonamides is 1. The summed E-state index contributed by atoms with van der Waals surface area (Å²) in [5.74, 6) is -3.03. The summed E-state index contributed by atoms with van der Waals surface area (Å²) in [6, 6.07) is 3.21. The van der Waals surface area contributed by atoms with Gasteiger partial charge in [-0.2, -0.15) is 4.72 Å². The van der Waals surface area contributed by atoms with E-state index in [0.29, 0.717) is 0 Å². The van der Waals surface area contributed by atoms with Crippen molar-refractivity contribution in [1.82, 2.24) is 10.0 Å². The zero-order chi connectivity index (χ0) is 19.2. The van der Waals surface area contributed by atoms with Crippen molar-refractivity contribution in [3.05, 3.63) is 30.1 Å². The van der Waals surface area contributed by atoms with Gasteiger partial charge >= 0.3 is 12.1 Å². The van der Waals surface area contributed by atoms with Crippen LogP contribution in [0.4, 0.5) is 9.18 Å². The number of nitrogens with one attached hydrogen (secondary N) is 2. The Kier molecular flexibility index (Phi) is 7.00. The van der Waals surface area contributed by atoms with E-state index < -0.39 is 50.9 Å². The van der Waals surface area contributed by atoms with E-state index in [1.807, 2.05) is 4.72 Å². The molecule has 25 heavy (non-hydrogen) atoms. The molecule has 2 atom stereocenters. The monoisotopic (exact) mass is 376 g/mol. The first-order valence-corrected chi connectivity index (χ1v) is 8.43. The number of rotatable bonds is 6. The average Bonchev–Trinajstić information content (AvgIpc) is 2.54. The zero-order valence-electron chi connectivity index (χ0n) is 13.6. The molecule has 0 aliphatic carbocycles. The minimum absolute atomic E-state index is 0.633. The van der Waals surface area contributed by atoms with Crippen LogP contribution in [0.2, 0.25) is 0 Å². The Morgan fingerprint density at radius 3 is 2.32 bits per heavy atom. The standard InChI is InChI=1S/C14H17FN2O7S/c1-8(13(19)24-9(2)12(18)16-14(20)23-3)17-25(21,22)11-7-5-4-6-10(11)15/h4-9,17H,1-3H3,(H,16,18,20)/t8-,9+/m0/s1. The molecule has 0 bridgehead atoms. The molecule has 0 aliphatic rings. The van der Waals surface area contributed by atoms with Crippen LogP contribution in [0.5, 0.6) is 0 Å². The molecule has 0 heterocycles. The Balaban J connectivity index is 2.72. The maximum absolute atomic E-state index is 13.6. The van der Waals surface area contributed by atoms with Gasteiger partial charge in [-0.15, -0.1) is 0 Å². The lowest BCUT2D eigenvalue weighted by molar-refractivity contribution is -0.155. The number of carbonyl (C=O) groups is 3. The number of ether oxygens (including phenoxy) is 2. The molecular formula is C14H17FN2O7S. The van der Waals surface area contributed by atoms with Crippen molar-refractivity contribution in [1.29, 1.82) is 0 Å². The number of hydrogen-bond acceptors (Lipinski definition) is 7. The van der Waals surface area contributed by atoms with Crippen molar-refractivity contribution in [2.75, 3.05) is 7.11 Å². The van der Waals surface area contributed by atoms with Gasteiger partial charge in [0.25, 0.3) is 5.91 Å². The highest BCUT2D eigenvalue weighted by molar-refractivity contribution is 7.89. The summed E-state index contributed by atoms with van der Waals surface area (Å²) in [7, 11) is -3.27. The first kappa shape index (κ1) is 20.5. The van der Waals surface area contributed by atoms with Crippen LogP contribution in [-0.4, -0.2) is 45.6 Å². The van der Waals surface area contributed by atoms with Crippen LogP contribution in [0.15, 0.2) is 29.2 Å². The third kappa shape index (κ3) is 5.80. The number of carbonyl (C=O) groups excluding carboxylic acids is 3. The van der Waals surface area contributed by atoms with Gasteiger partial charge in [0.15, 0.2) is 6.10 Å². The first-order chi connectivity index (χ1) is 11.6. The lowest BCUT2D eigenvalue weighted by Crippen LogP contribution is -2.44. The van der Waals surface area contributed by atoms with Crippen LogP contribution in [0, 0.1) is 5.82 Å². The molecule has 9 nitrogen and oxygen atoms in total. The highest BCUT2D eigenvalue weighted by atomic mass is 32.2. The average molecular weight is 376 g/mol. The molecule has 0 saturated carbocycles. The van der Waals surface area contributed by atoms with Gasteiger partial charge in [0, 0.05) is 0 Å². The van der Waals surface area contributed by atoms with Crippen molar-refractivity contribution >= 4 is 28.0 Å². The minimum atomic E-state index is -4.31. The first-order valence-electron chi connectivity index (χ1n) is 6.94. The van der Waals surface area contributed by atoms with Crippen molar-refractivity contribution in [3.8, 4) is 0 Å². The second-order valence-corrected chi connectivity index (χ2v) is 6.52. The Bertz CT molecular complexity index is 766. The molecule has 1 aromatic rings. The van der Waals surface area contributed by atoms with Crippen LogP contribution in [0.25, 0.3) is 0 Å². The lowest BCUT2D eigenvalue weighted by atomic mass is 10.3. The second-order valence-electron chi connectivity index (χ2n) is 4.83. The van der Waals surface area contributed by atoms with Gasteiger partial charge in [-0.1, -0.05) is 12.1 Å². The molecule has 0 unspecified atom stereocenters. The molecule has 0 aromatic heterocycles. The Hall–Kier alpha value is -2.53. The lowest BCUT2D eigenvalue weighted by Gasteiger charge is -2.17.